The Kier molecular flexibility index (Phi) is 6.18. The van der Waals surface area contributed by atoms with Gasteiger partial charge in [0, 0.05) is 13.0 Å². The third-order valence-corrected chi connectivity index (χ3v) is 3.83. The first-order chi connectivity index (χ1) is 11.1. The summed E-state index contributed by atoms with van der Waals surface area (Å²) >= 11 is 0. The van der Waals surface area contributed by atoms with Crippen LogP contribution in [0.4, 0.5) is 0 Å². The molecule has 0 saturated carbocycles. The molecule has 2 aromatic carbocycles. The van der Waals surface area contributed by atoms with Gasteiger partial charge >= 0.3 is 0 Å². The number of carbonyl (C=O) groups excluding carboxylic acids is 1. The summed E-state index contributed by atoms with van der Waals surface area (Å²) in [4.78, 5) is 12.0. The Bertz CT molecular complexity index is 628. The molecule has 4 nitrogen and oxygen atoms in total. The zero-order valence-electron chi connectivity index (χ0n) is 13.5. The van der Waals surface area contributed by atoms with Crippen molar-refractivity contribution in [1.29, 1.82) is 0 Å². The van der Waals surface area contributed by atoms with Gasteiger partial charge in [0.25, 0.3) is 0 Å². The number of rotatable bonds is 7. The maximum atomic E-state index is 12.0. The molecule has 1 amide bonds. The minimum Gasteiger partial charge on any atom is -0.497 e. The molecular formula is C19H23NO3. The van der Waals surface area contributed by atoms with Crippen LogP contribution in [0.1, 0.15) is 36.5 Å². The van der Waals surface area contributed by atoms with Crippen LogP contribution in [0.3, 0.4) is 0 Å². The van der Waals surface area contributed by atoms with Crippen LogP contribution in [0.2, 0.25) is 0 Å². The molecule has 0 fully saturated rings. The fourth-order valence-corrected chi connectivity index (χ4v) is 2.43. The molecule has 0 aliphatic rings. The fourth-order valence-electron chi connectivity index (χ4n) is 2.43. The number of benzene rings is 2. The SMILES string of the molecule is COc1cccc(C(O)CNC(=O)CC(C)c2ccccc2)c1. The van der Waals surface area contributed by atoms with Crippen molar-refractivity contribution in [3.63, 3.8) is 0 Å². The summed E-state index contributed by atoms with van der Waals surface area (Å²) in [5.74, 6) is 0.763. The number of carbonyl (C=O) groups is 1. The highest BCUT2D eigenvalue weighted by Gasteiger charge is 2.13. The largest absolute Gasteiger partial charge is 0.497 e. The van der Waals surface area contributed by atoms with Gasteiger partial charge in [-0.1, -0.05) is 49.4 Å². The molecule has 0 heterocycles. The van der Waals surface area contributed by atoms with Gasteiger partial charge in [0.1, 0.15) is 5.75 Å². The Morgan fingerprint density at radius 1 is 1.13 bits per heavy atom. The van der Waals surface area contributed by atoms with Crippen LogP contribution in [0.5, 0.6) is 5.75 Å². The number of nitrogens with one attached hydrogen (secondary N) is 1. The zero-order chi connectivity index (χ0) is 16.7. The van der Waals surface area contributed by atoms with E-state index in [0.29, 0.717) is 12.2 Å². The van der Waals surface area contributed by atoms with Gasteiger partial charge in [0.15, 0.2) is 0 Å². The van der Waals surface area contributed by atoms with E-state index in [-0.39, 0.29) is 18.4 Å². The highest BCUT2D eigenvalue weighted by Crippen LogP contribution is 2.20. The predicted molar refractivity (Wildman–Crippen MR) is 90.4 cm³/mol. The van der Waals surface area contributed by atoms with Gasteiger partial charge in [-0.25, -0.2) is 0 Å². The molecule has 0 aliphatic heterocycles. The molecule has 2 N–H and O–H groups in total. The highest BCUT2D eigenvalue weighted by atomic mass is 16.5. The molecule has 2 rings (SSSR count). The average molecular weight is 313 g/mol. The molecule has 2 unspecified atom stereocenters. The van der Waals surface area contributed by atoms with E-state index in [0.717, 1.165) is 11.1 Å². The number of hydrogen-bond acceptors (Lipinski definition) is 3. The van der Waals surface area contributed by atoms with Gasteiger partial charge in [-0.15, -0.1) is 0 Å². The second-order valence-corrected chi connectivity index (χ2v) is 5.61. The molecule has 0 radical (unpaired) electrons. The van der Waals surface area contributed by atoms with Gasteiger partial charge in [-0.3, -0.25) is 4.79 Å². The quantitative estimate of drug-likeness (QED) is 0.826. The molecule has 0 spiro atoms. The zero-order valence-corrected chi connectivity index (χ0v) is 13.5. The summed E-state index contributed by atoms with van der Waals surface area (Å²) in [6.07, 6.45) is -0.351. The Balaban J connectivity index is 1.84. The Morgan fingerprint density at radius 2 is 1.83 bits per heavy atom. The summed E-state index contributed by atoms with van der Waals surface area (Å²) in [7, 11) is 1.58. The Labute approximate surface area is 137 Å². The second-order valence-electron chi connectivity index (χ2n) is 5.61. The summed E-state index contributed by atoms with van der Waals surface area (Å²) in [5.41, 5.74) is 1.86. The van der Waals surface area contributed by atoms with Gasteiger partial charge in [0.2, 0.25) is 5.91 Å². The number of aliphatic hydroxyl groups excluding tert-OH is 1. The van der Waals surface area contributed by atoms with E-state index in [2.05, 4.69) is 5.32 Å². The smallest absolute Gasteiger partial charge is 0.220 e. The normalized spacial score (nSPS) is 13.2. The van der Waals surface area contributed by atoms with Crippen molar-refractivity contribution >= 4 is 5.91 Å². The molecular weight excluding hydrogens is 290 g/mol. The Hall–Kier alpha value is -2.33. The van der Waals surface area contributed by atoms with Crippen molar-refractivity contribution < 1.29 is 14.6 Å². The standard InChI is InChI=1S/C19H23NO3/c1-14(15-7-4-3-5-8-15)11-19(22)20-13-18(21)16-9-6-10-17(12-16)23-2/h3-10,12,14,18,21H,11,13H2,1-2H3,(H,20,22). The molecule has 2 aromatic rings. The maximum Gasteiger partial charge on any atom is 0.220 e. The minimum atomic E-state index is -0.749. The van der Waals surface area contributed by atoms with Crippen LogP contribution in [0.15, 0.2) is 54.6 Å². The van der Waals surface area contributed by atoms with Crippen molar-refractivity contribution in [2.75, 3.05) is 13.7 Å². The van der Waals surface area contributed by atoms with E-state index in [1.165, 1.54) is 0 Å². The summed E-state index contributed by atoms with van der Waals surface area (Å²) in [5, 5.41) is 13.0. The lowest BCUT2D eigenvalue weighted by Gasteiger charge is -2.15. The summed E-state index contributed by atoms with van der Waals surface area (Å²) in [6.45, 7) is 2.21. The summed E-state index contributed by atoms with van der Waals surface area (Å²) in [6, 6.07) is 17.1. The number of aliphatic hydroxyl groups is 1. The van der Waals surface area contributed by atoms with E-state index in [1.807, 2.05) is 55.5 Å². The molecule has 23 heavy (non-hydrogen) atoms. The number of ether oxygens (including phenoxy) is 1. The van der Waals surface area contributed by atoms with Crippen LogP contribution in [0.25, 0.3) is 0 Å². The molecule has 0 aliphatic carbocycles. The van der Waals surface area contributed by atoms with Gasteiger partial charge < -0.3 is 15.2 Å². The third kappa shape index (κ3) is 5.11. The maximum absolute atomic E-state index is 12.0. The van der Waals surface area contributed by atoms with Crippen molar-refractivity contribution in [3.05, 3.63) is 65.7 Å². The lowest BCUT2D eigenvalue weighted by atomic mass is 9.97. The first-order valence-electron chi connectivity index (χ1n) is 7.74. The summed E-state index contributed by atoms with van der Waals surface area (Å²) < 4.78 is 5.13. The van der Waals surface area contributed by atoms with Crippen LogP contribution < -0.4 is 10.1 Å². The van der Waals surface area contributed by atoms with Gasteiger partial charge in [0.05, 0.1) is 13.2 Å². The van der Waals surface area contributed by atoms with Crippen LogP contribution >= 0.6 is 0 Å². The topological polar surface area (TPSA) is 58.6 Å². The van der Waals surface area contributed by atoms with Crippen LogP contribution in [-0.2, 0) is 4.79 Å². The number of methoxy groups -OCH3 is 1. The van der Waals surface area contributed by atoms with E-state index in [1.54, 1.807) is 13.2 Å². The van der Waals surface area contributed by atoms with E-state index < -0.39 is 6.10 Å². The van der Waals surface area contributed by atoms with Crippen LogP contribution in [-0.4, -0.2) is 24.7 Å². The van der Waals surface area contributed by atoms with Gasteiger partial charge in [-0.05, 0) is 29.2 Å². The molecule has 0 saturated heterocycles. The van der Waals surface area contributed by atoms with Crippen molar-refractivity contribution in [2.45, 2.75) is 25.4 Å². The van der Waals surface area contributed by atoms with Crippen molar-refractivity contribution in [1.82, 2.24) is 5.32 Å². The van der Waals surface area contributed by atoms with E-state index in [9.17, 15) is 9.90 Å². The first kappa shape index (κ1) is 17.0. The monoisotopic (exact) mass is 313 g/mol. The molecule has 2 atom stereocenters. The molecule has 0 aromatic heterocycles. The predicted octanol–water partition coefficient (Wildman–Crippen LogP) is 3.04. The minimum absolute atomic E-state index is 0.0664. The van der Waals surface area contributed by atoms with Crippen LogP contribution in [0, 0.1) is 0 Å². The Morgan fingerprint density at radius 3 is 2.52 bits per heavy atom. The lowest BCUT2D eigenvalue weighted by Crippen LogP contribution is -2.29. The van der Waals surface area contributed by atoms with Crippen molar-refractivity contribution in [3.8, 4) is 5.75 Å². The molecule has 4 heteroatoms. The number of hydrogen-bond donors (Lipinski definition) is 2. The first-order valence-corrected chi connectivity index (χ1v) is 7.74. The third-order valence-electron chi connectivity index (χ3n) is 3.83. The van der Waals surface area contributed by atoms with E-state index in [4.69, 9.17) is 4.74 Å². The lowest BCUT2D eigenvalue weighted by molar-refractivity contribution is -0.121. The second kappa shape index (κ2) is 8.34. The molecule has 0 bridgehead atoms. The fraction of sp³-hybridized carbons (Fsp3) is 0.316. The van der Waals surface area contributed by atoms with Crippen molar-refractivity contribution in [2.24, 2.45) is 0 Å². The van der Waals surface area contributed by atoms with E-state index >= 15 is 0 Å². The molecule has 122 valence electrons. The highest BCUT2D eigenvalue weighted by molar-refractivity contribution is 5.76. The number of amides is 1. The average Bonchev–Trinajstić information content (AvgIpc) is 2.60. The van der Waals surface area contributed by atoms with Gasteiger partial charge in [-0.2, -0.15) is 0 Å².